The molecule has 0 saturated heterocycles. The van der Waals surface area contributed by atoms with Crippen molar-refractivity contribution in [1.29, 1.82) is 5.26 Å². The molecule has 3 aromatic rings. The maximum atomic E-state index is 12.6. The highest BCUT2D eigenvalue weighted by atomic mass is 32.2. The van der Waals surface area contributed by atoms with Gasteiger partial charge in [0.05, 0.1) is 18.2 Å². The minimum Gasteiger partial charge on any atom is -0.284 e. The van der Waals surface area contributed by atoms with Crippen LogP contribution in [0.25, 0.3) is 11.1 Å². The van der Waals surface area contributed by atoms with Crippen LogP contribution in [0.4, 0.5) is 0 Å². The standard InChI is InChI=1S/C21H18BN3OS/c1-3-27-21-24-14(2)19(22)20(26)25(21)13-15-8-10-16(11-9-15)18-7-5-4-6-17(18)12-23/h4-11H,3,13H2,1-2H3. The summed E-state index contributed by atoms with van der Waals surface area (Å²) in [5.74, 6) is 0.819. The number of hydrogen-bond acceptors (Lipinski definition) is 4. The first-order chi connectivity index (χ1) is 13.0. The van der Waals surface area contributed by atoms with Crippen molar-refractivity contribution in [2.24, 2.45) is 0 Å². The molecule has 0 spiro atoms. The summed E-state index contributed by atoms with van der Waals surface area (Å²) in [5, 5.41) is 9.95. The molecule has 2 radical (unpaired) electrons. The van der Waals surface area contributed by atoms with Gasteiger partial charge in [0.15, 0.2) is 5.16 Å². The maximum absolute atomic E-state index is 12.6. The molecule has 1 heterocycles. The number of hydrogen-bond donors (Lipinski definition) is 0. The van der Waals surface area contributed by atoms with Crippen molar-refractivity contribution in [3.8, 4) is 17.2 Å². The van der Waals surface area contributed by atoms with Crippen LogP contribution >= 0.6 is 11.8 Å². The van der Waals surface area contributed by atoms with Crippen molar-refractivity contribution in [3.63, 3.8) is 0 Å². The van der Waals surface area contributed by atoms with Crippen LogP contribution < -0.4 is 11.0 Å². The van der Waals surface area contributed by atoms with Gasteiger partial charge in [-0.25, -0.2) is 4.98 Å². The number of nitriles is 1. The molecular formula is C21H18BN3OS. The van der Waals surface area contributed by atoms with E-state index in [1.807, 2.05) is 49.4 Å². The number of thioether (sulfide) groups is 1. The Labute approximate surface area is 164 Å². The molecule has 0 aliphatic carbocycles. The van der Waals surface area contributed by atoms with Gasteiger partial charge in [-0.1, -0.05) is 61.2 Å². The van der Waals surface area contributed by atoms with E-state index in [0.717, 1.165) is 22.4 Å². The van der Waals surface area contributed by atoms with Gasteiger partial charge in [0.2, 0.25) is 5.56 Å². The third-order valence-corrected chi connectivity index (χ3v) is 5.14. The molecular weight excluding hydrogens is 353 g/mol. The van der Waals surface area contributed by atoms with Gasteiger partial charge in [-0.2, -0.15) is 5.26 Å². The maximum Gasteiger partial charge on any atom is 0.247 e. The van der Waals surface area contributed by atoms with Crippen molar-refractivity contribution in [2.75, 3.05) is 5.75 Å². The van der Waals surface area contributed by atoms with Crippen molar-refractivity contribution in [3.05, 3.63) is 75.7 Å². The van der Waals surface area contributed by atoms with E-state index < -0.39 is 0 Å². The second kappa shape index (κ2) is 8.28. The van der Waals surface area contributed by atoms with E-state index in [4.69, 9.17) is 7.85 Å². The van der Waals surface area contributed by atoms with Gasteiger partial charge in [-0.05, 0) is 40.9 Å². The van der Waals surface area contributed by atoms with E-state index in [0.29, 0.717) is 23.0 Å². The summed E-state index contributed by atoms with van der Waals surface area (Å²) >= 11 is 1.52. The molecule has 0 atom stereocenters. The van der Waals surface area contributed by atoms with E-state index in [-0.39, 0.29) is 11.0 Å². The van der Waals surface area contributed by atoms with E-state index in [2.05, 4.69) is 11.1 Å². The smallest absolute Gasteiger partial charge is 0.247 e. The third-order valence-electron chi connectivity index (χ3n) is 4.29. The number of rotatable bonds is 5. The zero-order chi connectivity index (χ0) is 19.4. The van der Waals surface area contributed by atoms with Crippen LogP contribution in [0.2, 0.25) is 0 Å². The Morgan fingerprint density at radius 2 is 1.89 bits per heavy atom. The van der Waals surface area contributed by atoms with Gasteiger partial charge < -0.3 is 0 Å². The normalized spacial score (nSPS) is 10.6. The lowest BCUT2D eigenvalue weighted by Crippen LogP contribution is -2.38. The lowest BCUT2D eigenvalue weighted by molar-refractivity contribution is 0.645. The average Bonchev–Trinajstić information content (AvgIpc) is 2.70. The van der Waals surface area contributed by atoms with Crippen LogP contribution in [0.1, 0.15) is 23.7 Å². The fraction of sp³-hybridized carbons (Fsp3) is 0.190. The summed E-state index contributed by atoms with van der Waals surface area (Å²) in [6.07, 6.45) is 0. The summed E-state index contributed by atoms with van der Waals surface area (Å²) in [5.41, 5.74) is 4.01. The average molecular weight is 371 g/mol. The fourth-order valence-corrected chi connectivity index (χ4v) is 3.60. The molecule has 0 saturated carbocycles. The van der Waals surface area contributed by atoms with E-state index >= 15 is 0 Å². The molecule has 3 rings (SSSR count). The lowest BCUT2D eigenvalue weighted by atomic mass is 9.96. The van der Waals surface area contributed by atoms with Gasteiger partial charge in [-0.3, -0.25) is 9.36 Å². The van der Waals surface area contributed by atoms with Crippen LogP contribution in [0, 0.1) is 18.3 Å². The van der Waals surface area contributed by atoms with Gasteiger partial charge in [0.1, 0.15) is 7.85 Å². The Balaban J connectivity index is 1.95. The molecule has 27 heavy (non-hydrogen) atoms. The number of aryl methyl sites for hydroxylation is 1. The first-order valence-electron chi connectivity index (χ1n) is 8.63. The molecule has 0 amide bonds. The zero-order valence-corrected chi connectivity index (χ0v) is 16.1. The highest BCUT2D eigenvalue weighted by Gasteiger charge is 2.12. The van der Waals surface area contributed by atoms with Crippen molar-refractivity contribution >= 4 is 25.1 Å². The molecule has 6 heteroatoms. The molecule has 0 aliphatic rings. The first kappa shape index (κ1) is 19.0. The zero-order valence-electron chi connectivity index (χ0n) is 15.3. The highest BCUT2D eigenvalue weighted by molar-refractivity contribution is 7.99. The van der Waals surface area contributed by atoms with E-state index in [9.17, 15) is 10.1 Å². The predicted molar refractivity (Wildman–Crippen MR) is 111 cm³/mol. The SMILES string of the molecule is [B]c1c(C)nc(SCC)n(Cc2ccc(-c3ccccc3C#N)cc2)c1=O. The second-order valence-electron chi connectivity index (χ2n) is 6.07. The number of benzene rings is 2. The summed E-state index contributed by atoms with van der Waals surface area (Å²) < 4.78 is 1.62. The molecule has 132 valence electrons. The van der Waals surface area contributed by atoms with Crippen LogP contribution in [-0.2, 0) is 6.54 Å². The molecule has 0 bridgehead atoms. The second-order valence-corrected chi connectivity index (χ2v) is 7.30. The monoisotopic (exact) mass is 371 g/mol. The van der Waals surface area contributed by atoms with Gasteiger partial charge in [0, 0.05) is 5.69 Å². The van der Waals surface area contributed by atoms with Gasteiger partial charge in [0.25, 0.3) is 0 Å². The molecule has 0 fully saturated rings. The Hall–Kier alpha value is -2.78. The topological polar surface area (TPSA) is 58.7 Å². The Morgan fingerprint density at radius 1 is 1.19 bits per heavy atom. The van der Waals surface area contributed by atoms with Crippen molar-refractivity contribution in [2.45, 2.75) is 25.5 Å². The van der Waals surface area contributed by atoms with Crippen LogP contribution in [0.15, 0.2) is 58.5 Å². The molecule has 4 nitrogen and oxygen atoms in total. The van der Waals surface area contributed by atoms with Crippen LogP contribution in [-0.4, -0.2) is 23.2 Å². The highest BCUT2D eigenvalue weighted by Crippen LogP contribution is 2.24. The first-order valence-corrected chi connectivity index (χ1v) is 9.61. The molecule has 0 N–H and O–H groups in total. The van der Waals surface area contributed by atoms with Crippen molar-refractivity contribution in [1.82, 2.24) is 9.55 Å². The summed E-state index contributed by atoms with van der Waals surface area (Å²) in [4.78, 5) is 17.1. The van der Waals surface area contributed by atoms with Crippen molar-refractivity contribution < 1.29 is 0 Å². The molecule has 1 aromatic heterocycles. The summed E-state index contributed by atoms with van der Waals surface area (Å²) in [7, 11) is 5.90. The molecule has 0 aliphatic heterocycles. The summed E-state index contributed by atoms with van der Waals surface area (Å²) in [6, 6.07) is 17.6. The lowest BCUT2D eigenvalue weighted by Gasteiger charge is -2.14. The van der Waals surface area contributed by atoms with E-state index in [1.165, 1.54) is 11.8 Å². The predicted octanol–water partition coefficient (Wildman–Crippen LogP) is 3.04. The number of aromatic nitrogens is 2. The van der Waals surface area contributed by atoms with Crippen LogP contribution in [0.5, 0.6) is 0 Å². The minimum absolute atomic E-state index is 0.190. The molecule has 0 unspecified atom stereocenters. The Morgan fingerprint density at radius 3 is 2.56 bits per heavy atom. The third kappa shape index (κ3) is 3.99. The number of nitrogens with zero attached hydrogens (tertiary/aromatic N) is 3. The van der Waals surface area contributed by atoms with Crippen LogP contribution in [0.3, 0.4) is 0 Å². The van der Waals surface area contributed by atoms with Gasteiger partial charge >= 0.3 is 0 Å². The minimum atomic E-state index is -0.211. The quantitative estimate of drug-likeness (QED) is 0.393. The van der Waals surface area contributed by atoms with Gasteiger partial charge in [-0.15, -0.1) is 0 Å². The van der Waals surface area contributed by atoms with E-state index in [1.54, 1.807) is 17.6 Å². The Bertz CT molecular complexity index is 1070. The molecule has 2 aromatic carbocycles. The summed E-state index contributed by atoms with van der Waals surface area (Å²) in [6.45, 7) is 4.18. The fourth-order valence-electron chi connectivity index (χ4n) is 2.83. The Kier molecular flexibility index (Phi) is 5.83. The largest absolute Gasteiger partial charge is 0.284 e.